The number of benzene rings is 1. The Morgan fingerprint density at radius 1 is 1.28 bits per heavy atom. The number of hydrogen-bond acceptors (Lipinski definition) is 3. The van der Waals surface area contributed by atoms with Crippen LogP contribution in [-0.4, -0.2) is 15.3 Å². The van der Waals surface area contributed by atoms with Crippen molar-refractivity contribution < 1.29 is 5.11 Å². The highest BCUT2D eigenvalue weighted by molar-refractivity contribution is 5.84. The van der Waals surface area contributed by atoms with Crippen LogP contribution in [0.2, 0.25) is 0 Å². The van der Waals surface area contributed by atoms with Gasteiger partial charge in [-0.1, -0.05) is 18.2 Å². The standard InChI is InChI=1S/C14H16N2O2/c1-14(2,18)13-11(15)9-5-3-4-8-6-7-10(17)16(13)12(8)9/h3-7,11,13,18H,15H2,1-2H3/t11-,13-/m1/s1. The van der Waals surface area contributed by atoms with Crippen LogP contribution in [0.25, 0.3) is 10.9 Å². The van der Waals surface area contributed by atoms with Crippen molar-refractivity contribution in [3.63, 3.8) is 0 Å². The molecule has 4 heteroatoms. The molecule has 0 fully saturated rings. The Kier molecular flexibility index (Phi) is 2.18. The SMILES string of the molecule is CC(C)(O)[C@H]1[C@H](N)c2cccc3ccc(=O)n1c23. The smallest absolute Gasteiger partial charge is 0.251 e. The summed E-state index contributed by atoms with van der Waals surface area (Å²) in [5.41, 5.74) is 6.84. The van der Waals surface area contributed by atoms with Gasteiger partial charge in [-0.2, -0.15) is 0 Å². The number of aliphatic hydroxyl groups is 1. The lowest BCUT2D eigenvalue weighted by atomic mass is 9.91. The molecule has 1 aliphatic heterocycles. The molecular weight excluding hydrogens is 228 g/mol. The van der Waals surface area contributed by atoms with Crippen LogP contribution in [0.3, 0.4) is 0 Å². The summed E-state index contributed by atoms with van der Waals surface area (Å²) in [6, 6.07) is 8.36. The van der Waals surface area contributed by atoms with Gasteiger partial charge in [0.25, 0.3) is 5.56 Å². The van der Waals surface area contributed by atoms with Gasteiger partial charge in [0.1, 0.15) is 0 Å². The van der Waals surface area contributed by atoms with Gasteiger partial charge in [0.15, 0.2) is 0 Å². The van der Waals surface area contributed by atoms with E-state index in [2.05, 4.69) is 0 Å². The van der Waals surface area contributed by atoms with Gasteiger partial charge in [-0.3, -0.25) is 4.79 Å². The van der Waals surface area contributed by atoms with Gasteiger partial charge in [-0.15, -0.1) is 0 Å². The molecule has 2 atom stereocenters. The maximum atomic E-state index is 12.1. The normalized spacial score (nSPS) is 22.7. The second kappa shape index (κ2) is 3.43. The van der Waals surface area contributed by atoms with Gasteiger partial charge in [0, 0.05) is 6.07 Å². The molecule has 0 saturated carbocycles. The lowest BCUT2D eigenvalue weighted by Crippen LogP contribution is -2.41. The van der Waals surface area contributed by atoms with E-state index in [-0.39, 0.29) is 11.6 Å². The van der Waals surface area contributed by atoms with Crippen molar-refractivity contribution in [3.8, 4) is 0 Å². The van der Waals surface area contributed by atoms with Crippen LogP contribution in [0.1, 0.15) is 31.5 Å². The Morgan fingerprint density at radius 2 is 2.00 bits per heavy atom. The zero-order chi connectivity index (χ0) is 13.1. The first-order valence-electron chi connectivity index (χ1n) is 6.03. The predicted molar refractivity (Wildman–Crippen MR) is 70.5 cm³/mol. The summed E-state index contributed by atoms with van der Waals surface area (Å²) >= 11 is 0. The molecule has 0 amide bonds. The summed E-state index contributed by atoms with van der Waals surface area (Å²) < 4.78 is 1.63. The molecule has 18 heavy (non-hydrogen) atoms. The Bertz CT molecular complexity index is 682. The highest BCUT2D eigenvalue weighted by atomic mass is 16.3. The summed E-state index contributed by atoms with van der Waals surface area (Å²) in [5.74, 6) is 0. The monoisotopic (exact) mass is 244 g/mol. The number of hydrogen-bond donors (Lipinski definition) is 2. The molecule has 94 valence electrons. The Hall–Kier alpha value is -1.65. The molecule has 1 aliphatic rings. The second-order valence-electron chi connectivity index (χ2n) is 5.45. The maximum Gasteiger partial charge on any atom is 0.251 e. The molecule has 3 rings (SSSR count). The largest absolute Gasteiger partial charge is 0.388 e. The van der Waals surface area contributed by atoms with E-state index in [0.29, 0.717) is 0 Å². The van der Waals surface area contributed by atoms with Crippen molar-refractivity contribution in [2.24, 2.45) is 5.73 Å². The minimum Gasteiger partial charge on any atom is -0.388 e. The number of pyridine rings is 1. The molecule has 0 radical (unpaired) electrons. The third-order valence-electron chi connectivity index (χ3n) is 3.68. The lowest BCUT2D eigenvalue weighted by molar-refractivity contribution is 0.0163. The van der Waals surface area contributed by atoms with Crippen molar-refractivity contribution in [1.29, 1.82) is 0 Å². The van der Waals surface area contributed by atoms with Crippen LogP contribution in [0.15, 0.2) is 35.1 Å². The van der Waals surface area contributed by atoms with Crippen LogP contribution >= 0.6 is 0 Å². The summed E-state index contributed by atoms with van der Waals surface area (Å²) in [5, 5.41) is 11.3. The predicted octanol–water partition coefficient (Wildman–Crippen LogP) is 1.33. The fourth-order valence-electron chi connectivity index (χ4n) is 2.98. The lowest BCUT2D eigenvalue weighted by Gasteiger charge is -2.30. The third-order valence-corrected chi connectivity index (χ3v) is 3.68. The number of nitrogens with zero attached hydrogens (tertiary/aromatic N) is 1. The summed E-state index contributed by atoms with van der Waals surface area (Å²) in [6.45, 7) is 3.38. The molecule has 2 heterocycles. The van der Waals surface area contributed by atoms with Gasteiger partial charge in [0.2, 0.25) is 0 Å². The van der Waals surface area contributed by atoms with Crippen molar-refractivity contribution in [2.75, 3.05) is 0 Å². The van der Waals surface area contributed by atoms with Crippen molar-refractivity contribution in [2.45, 2.75) is 31.5 Å². The molecule has 0 saturated heterocycles. The summed E-state index contributed by atoms with van der Waals surface area (Å²) in [6.07, 6.45) is 0. The maximum absolute atomic E-state index is 12.1. The second-order valence-corrected chi connectivity index (χ2v) is 5.45. The Labute approximate surface area is 105 Å². The number of nitrogens with two attached hydrogens (primary N) is 1. The van der Waals surface area contributed by atoms with E-state index in [1.165, 1.54) is 6.07 Å². The minimum atomic E-state index is -1.05. The van der Waals surface area contributed by atoms with Gasteiger partial charge in [0.05, 0.1) is 23.2 Å². The zero-order valence-electron chi connectivity index (χ0n) is 10.4. The molecular formula is C14H16N2O2. The molecule has 3 N–H and O–H groups in total. The van der Waals surface area contributed by atoms with Crippen molar-refractivity contribution in [1.82, 2.24) is 4.57 Å². The van der Waals surface area contributed by atoms with E-state index < -0.39 is 11.6 Å². The van der Waals surface area contributed by atoms with Gasteiger partial charge < -0.3 is 15.4 Å². The van der Waals surface area contributed by atoms with Crippen LogP contribution in [-0.2, 0) is 0 Å². The van der Waals surface area contributed by atoms with Crippen LogP contribution in [0, 0.1) is 0 Å². The van der Waals surface area contributed by atoms with Crippen LogP contribution < -0.4 is 11.3 Å². The van der Waals surface area contributed by atoms with E-state index in [0.717, 1.165) is 16.5 Å². The van der Waals surface area contributed by atoms with E-state index in [4.69, 9.17) is 5.73 Å². The highest BCUT2D eigenvalue weighted by Gasteiger charge is 2.41. The van der Waals surface area contributed by atoms with Crippen LogP contribution in [0.4, 0.5) is 0 Å². The third kappa shape index (κ3) is 1.36. The molecule has 1 aromatic heterocycles. The van der Waals surface area contributed by atoms with Crippen LogP contribution in [0.5, 0.6) is 0 Å². The fraction of sp³-hybridized carbons (Fsp3) is 0.357. The average Bonchev–Trinajstić information content (AvgIpc) is 2.60. The molecule has 0 aliphatic carbocycles. The Balaban J connectivity index is 2.44. The first kappa shape index (κ1) is 11.4. The Morgan fingerprint density at radius 3 is 2.67 bits per heavy atom. The number of para-hydroxylation sites is 1. The van der Waals surface area contributed by atoms with E-state index >= 15 is 0 Å². The topological polar surface area (TPSA) is 68.2 Å². The highest BCUT2D eigenvalue weighted by Crippen LogP contribution is 2.42. The summed E-state index contributed by atoms with van der Waals surface area (Å²) in [7, 11) is 0. The number of aromatic nitrogens is 1. The first-order valence-corrected chi connectivity index (χ1v) is 6.03. The number of rotatable bonds is 1. The van der Waals surface area contributed by atoms with Gasteiger partial charge in [-0.05, 0) is 30.9 Å². The average molecular weight is 244 g/mol. The molecule has 4 nitrogen and oxygen atoms in total. The van der Waals surface area contributed by atoms with Gasteiger partial charge in [-0.25, -0.2) is 0 Å². The minimum absolute atomic E-state index is 0.116. The van der Waals surface area contributed by atoms with Crippen molar-refractivity contribution in [3.05, 3.63) is 46.2 Å². The molecule has 0 spiro atoms. The molecule has 2 aromatic rings. The van der Waals surface area contributed by atoms with E-state index in [1.807, 2.05) is 18.2 Å². The van der Waals surface area contributed by atoms with Gasteiger partial charge >= 0.3 is 0 Å². The zero-order valence-corrected chi connectivity index (χ0v) is 10.4. The molecule has 0 unspecified atom stereocenters. The fourth-order valence-corrected chi connectivity index (χ4v) is 2.98. The molecule has 0 bridgehead atoms. The van der Waals surface area contributed by atoms with Crippen molar-refractivity contribution >= 4 is 10.9 Å². The van der Waals surface area contributed by atoms with E-state index in [9.17, 15) is 9.90 Å². The first-order chi connectivity index (χ1) is 8.41. The summed E-state index contributed by atoms with van der Waals surface area (Å²) in [4.78, 5) is 12.1. The quantitative estimate of drug-likeness (QED) is 0.795. The molecule has 1 aromatic carbocycles. The van der Waals surface area contributed by atoms with E-state index in [1.54, 1.807) is 24.5 Å².